The Hall–Kier alpha value is -0.260. The lowest BCUT2D eigenvalue weighted by atomic mass is 9.57. The van der Waals surface area contributed by atoms with E-state index in [4.69, 9.17) is 0 Å². The minimum atomic E-state index is 0.968. The quantitative estimate of drug-likeness (QED) is 0.478. The van der Waals surface area contributed by atoms with E-state index in [2.05, 4.69) is 12.2 Å². The lowest BCUT2D eigenvalue weighted by molar-refractivity contribution is 0.0189. The average molecular weight is 313 g/mol. The molecule has 0 amide bonds. The highest BCUT2D eigenvalue weighted by atomic mass is 14.6. The Bertz CT molecular complexity index is 449. The van der Waals surface area contributed by atoms with Crippen LogP contribution in [0.5, 0.6) is 0 Å². The fourth-order valence-electron chi connectivity index (χ4n) is 8.24. The molecule has 0 aromatic carbocycles. The van der Waals surface area contributed by atoms with Gasteiger partial charge in [0, 0.05) is 0 Å². The van der Waals surface area contributed by atoms with Gasteiger partial charge in [-0.15, -0.1) is 0 Å². The van der Waals surface area contributed by atoms with Gasteiger partial charge in [0.2, 0.25) is 0 Å². The zero-order valence-corrected chi connectivity index (χ0v) is 15.0. The van der Waals surface area contributed by atoms with Crippen LogP contribution in [0, 0.1) is 47.3 Å². The van der Waals surface area contributed by atoms with Crippen molar-refractivity contribution in [2.24, 2.45) is 47.3 Å². The van der Waals surface area contributed by atoms with Gasteiger partial charge in [-0.1, -0.05) is 50.7 Å². The average Bonchev–Trinajstić information content (AvgIpc) is 3.18. The Balaban J connectivity index is 1.44. The molecule has 128 valence electrons. The van der Waals surface area contributed by atoms with Gasteiger partial charge in [-0.05, 0) is 92.3 Å². The van der Waals surface area contributed by atoms with Gasteiger partial charge in [-0.3, -0.25) is 0 Å². The molecule has 0 bridgehead atoms. The molecule has 0 N–H and O–H groups in total. The standard InChI is InChI=1S/C23H36/c1-3-10-18-16(7-1)8-2-4-11-21(18)23-15-17-9-5-12-19(17)20-13-6-14-22(20)23/h4,11,16-23H,1-3,5-10,12-15H2. The molecule has 0 nitrogen and oxygen atoms in total. The largest absolute Gasteiger partial charge is 0.0882 e. The van der Waals surface area contributed by atoms with Crippen LogP contribution in [0.15, 0.2) is 12.2 Å². The van der Waals surface area contributed by atoms with Gasteiger partial charge in [0.15, 0.2) is 0 Å². The van der Waals surface area contributed by atoms with Crippen molar-refractivity contribution >= 4 is 0 Å². The lowest BCUT2D eigenvalue weighted by Crippen LogP contribution is -2.41. The first kappa shape index (κ1) is 15.0. The first-order chi connectivity index (χ1) is 11.4. The normalized spacial score (nSPS) is 52.5. The highest BCUT2D eigenvalue weighted by molar-refractivity contribution is 5.07. The molecule has 5 aliphatic rings. The molecule has 0 saturated heterocycles. The van der Waals surface area contributed by atoms with E-state index in [1.54, 1.807) is 57.8 Å². The van der Waals surface area contributed by atoms with Crippen LogP contribution < -0.4 is 0 Å². The minimum Gasteiger partial charge on any atom is -0.0882 e. The summed E-state index contributed by atoms with van der Waals surface area (Å²) >= 11 is 0. The number of allylic oxidation sites excluding steroid dienone is 2. The van der Waals surface area contributed by atoms with Crippen LogP contribution in [-0.4, -0.2) is 0 Å². The van der Waals surface area contributed by atoms with Crippen LogP contribution >= 0.6 is 0 Å². The van der Waals surface area contributed by atoms with Gasteiger partial charge in [0.1, 0.15) is 0 Å². The van der Waals surface area contributed by atoms with Crippen molar-refractivity contribution < 1.29 is 0 Å². The summed E-state index contributed by atoms with van der Waals surface area (Å²) in [7, 11) is 0. The van der Waals surface area contributed by atoms with Gasteiger partial charge >= 0.3 is 0 Å². The molecule has 0 heteroatoms. The first-order valence-electron chi connectivity index (χ1n) is 11.1. The predicted molar refractivity (Wildman–Crippen MR) is 97.1 cm³/mol. The molecule has 5 aliphatic carbocycles. The topological polar surface area (TPSA) is 0 Å². The summed E-state index contributed by atoms with van der Waals surface area (Å²) < 4.78 is 0. The van der Waals surface area contributed by atoms with Crippen LogP contribution in [0.3, 0.4) is 0 Å². The van der Waals surface area contributed by atoms with Crippen molar-refractivity contribution in [2.45, 2.75) is 83.5 Å². The van der Waals surface area contributed by atoms with E-state index >= 15 is 0 Å². The van der Waals surface area contributed by atoms with Crippen molar-refractivity contribution in [3.05, 3.63) is 12.2 Å². The molecule has 0 spiro atoms. The molecular formula is C23H36. The zero-order valence-electron chi connectivity index (χ0n) is 15.0. The van der Waals surface area contributed by atoms with Gasteiger partial charge in [0.05, 0.1) is 0 Å². The number of hydrogen-bond acceptors (Lipinski definition) is 0. The Morgan fingerprint density at radius 2 is 1.22 bits per heavy atom. The van der Waals surface area contributed by atoms with Crippen molar-refractivity contribution in [3.8, 4) is 0 Å². The number of rotatable bonds is 1. The van der Waals surface area contributed by atoms with E-state index in [0.29, 0.717) is 0 Å². The molecule has 4 saturated carbocycles. The predicted octanol–water partition coefficient (Wildman–Crippen LogP) is 6.61. The molecule has 8 unspecified atom stereocenters. The molecule has 0 aliphatic heterocycles. The second kappa shape index (κ2) is 6.23. The van der Waals surface area contributed by atoms with Crippen LogP contribution in [-0.2, 0) is 0 Å². The van der Waals surface area contributed by atoms with Crippen LogP contribution in [0.4, 0.5) is 0 Å². The molecule has 0 heterocycles. The highest BCUT2D eigenvalue weighted by Gasteiger charge is 2.51. The van der Waals surface area contributed by atoms with Crippen molar-refractivity contribution in [3.63, 3.8) is 0 Å². The molecule has 0 aromatic rings. The summed E-state index contributed by atoms with van der Waals surface area (Å²) in [5, 5.41) is 0. The summed E-state index contributed by atoms with van der Waals surface area (Å²) in [6.45, 7) is 0. The van der Waals surface area contributed by atoms with Crippen molar-refractivity contribution in [1.29, 1.82) is 0 Å². The van der Waals surface area contributed by atoms with Gasteiger partial charge in [0.25, 0.3) is 0 Å². The Morgan fingerprint density at radius 1 is 0.522 bits per heavy atom. The third-order valence-electron chi connectivity index (χ3n) is 9.04. The van der Waals surface area contributed by atoms with E-state index in [1.807, 2.05) is 0 Å². The second-order valence-electron chi connectivity index (χ2n) is 9.80. The summed E-state index contributed by atoms with van der Waals surface area (Å²) in [6, 6.07) is 0. The zero-order chi connectivity index (χ0) is 15.2. The van der Waals surface area contributed by atoms with Crippen LogP contribution in [0.2, 0.25) is 0 Å². The fourth-order valence-corrected chi connectivity index (χ4v) is 8.24. The minimum absolute atomic E-state index is 0.968. The smallest absolute Gasteiger partial charge is 0.0171 e. The van der Waals surface area contributed by atoms with Gasteiger partial charge < -0.3 is 0 Å². The van der Waals surface area contributed by atoms with Crippen molar-refractivity contribution in [2.75, 3.05) is 0 Å². The maximum absolute atomic E-state index is 2.76. The monoisotopic (exact) mass is 312 g/mol. The maximum atomic E-state index is 2.76. The Kier molecular flexibility index (Phi) is 4.07. The molecule has 4 fully saturated rings. The second-order valence-corrected chi connectivity index (χ2v) is 9.80. The van der Waals surface area contributed by atoms with Crippen LogP contribution in [0.1, 0.15) is 83.5 Å². The Morgan fingerprint density at radius 3 is 2.17 bits per heavy atom. The van der Waals surface area contributed by atoms with E-state index in [0.717, 1.165) is 47.3 Å². The summed E-state index contributed by atoms with van der Waals surface area (Å²) in [6.07, 6.45) is 25.5. The Labute approximate surface area is 143 Å². The maximum Gasteiger partial charge on any atom is -0.0171 e. The third-order valence-corrected chi connectivity index (χ3v) is 9.04. The fraction of sp³-hybridized carbons (Fsp3) is 0.913. The molecule has 0 aromatic heterocycles. The summed E-state index contributed by atoms with van der Waals surface area (Å²) in [4.78, 5) is 0. The molecule has 5 rings (SSSR count). The molecule has 0 radical (unpaired) electrons. The van der Waals surface area contributed by atoms with E-state index in [1.165, 1.54) is 25.7 Å². The van der Waals surface area contributed by atoms with Gasteiger partial charge in [-0.25, -0.2) is 0 Å². The van der Waals surface area contributed by atoms with E-state index in [-0.39, 0.29) is 0 Å². The number of hydrogen-bond donors (Lipinski definition) is 0. The van der Waals surface area contributed by atoms with Gasteiger partial charge in [-0.2, -0.15) is 0 Å². The molecule has 8 atom stereocenters. The number of fused-ring (bicyclic) bond motifs is 4. The van der Waals surface area contributed by atoms with E-state index < -0.39 is 0 Å². The highest BCUT2D eigenvalue weighted by Crippen LogP contribution is 2.59. The third kappa shape index (κ3) is 2.54. The molecule has 23 heavy (non-hydrogen) atoms. The molecular weight excluding hydrogens is 276 g/mol. The van der Waals surface area contributed by atoms with Crippen LogP contribution in [0.25, 0.3) is 0 Å². The lowest BCUT2D eigenvalue weighted by Gasteiger charge is -2.48. The first-order valence-corrected chi connectivity index (χ1v) is 11.1. The van der Waals surface area contributed by atoms with Crippen molar-refractivity contribution in [1.82, 2.24) is 0 Å². The van der Waals surface area contributed by atoms with E-state index in [9.17, 15) is 0 Å². The SMILES string of the molecule is C1=CC(C2CC3CCCC3C3CCCC23)C2CCCCC2CC1. The summed E-state index contributed by atoms with van der Waals surface area (Å²) in [5.41, 5.74) is 0. The summed E-state index contributed by atoms with van der Waals surface area (Å²) in [5.74, 6) is 8.70.